The van der Waals surface area contributed by atoms with Crippen LogP contribution in [0.5, 0.6) is 0 Å². The first-order chi connectivity index (χ1) is 14.5. The summed E-state index contributed by atoms with van der Waals surface area (Å²) in [6.45, 7) is 4.00. The first kappa shape index (κ1) is 19.6. The highest BCUT2D eigenvalue weighted by atomic mass is 32.1. The molecule has 2 heterocycles. The molecule has 150 valence electrons. The van der Waals surface area contributed by atoms with Crippen LogP contribution < -0.4 is 16.2 Å². The third kappa shape index (κ3) is 4.16. The highest BCUT2D eigenvalue weighted by Gasteiger charge is 2.15. The topological polar surface area (TPSA) is 79.2 Å². The van der Waals surface area contributed by atoms with E-state index in [2.05, 4.69) is 21.2 Å². The predicted molar refractivity (Wildman–Crippen MR) is 122 cm³/mol. The van der Waals surface area contributed by atoms with Gasteiger partial charge in [0.1, 0.15) is 5.69 Å². The van der Waals surface area contributed by atoms with Gasteiger partial charge in [-0.25, -0.2) is 4.98 Å². The number of amides is 1. The van der Waals surface area contributed by atoms with Crippen molar-refractivity contribution < 1.29 is 9.21 Å². The summed E-state index contributed by atoms with van der Waals surface area (Å²) >= 11 is 5.33. The standard InChI is InChI=1S/C23H20N4O2S/c1-14-9-10-15(2)19(12-14)25-23(30)27-26-22(28)17-13-20(21-8-5-11-29-21)24-18-7-4-3-6-16(17)18/h3-13H,1-2H3,(H,26,28)(H2,25,27,30). The van der Waals surface area contributed by atoms with Crippen molar-refractivity contribution in [3.05, 3.63) is 83.6 Å². The highest BCUT2D eigenvalue weighted by Crippen LogP contribution is 2.25. The summed E-state index contributed by atoms with van der Waals surface area (Å²) in [6, 6.07) is 18.8. The molecule has 4 aromatic rings. The average Bonchev–Trinajstić information content (AvgIpc) is 3.29. The Labute approximate surface area is 179 Å². The van der Waals surface area contributed by atoms with E-state index in [1.807, 2.05) is 56.3 Å². The van der Waals surface area contributed by atoms with Crippen LogP contribution in [0.15, 0.2) is 71.3 Å². The lowest BCUT2D eigenvalue weighted by Crippen LogP contribution is -2.43. The largest absolute Gasteiger partial charge is 0.463 e. The fourth-order valence-electron chi connectivity index (χ4n) is 3.12. The van der Waals surface area contributed by atoms with Gasteiger partial charge in [0.25, 0.3) is 5.91 Å². The van der Waals surface area contributed by atoms with Gasteiger partial charge in [0.15, 0.2) is 10.9 Å². The zero-order valence-electron chi connectivity index (χ0n) is 16.5. The minimum absolute atomic E-state index is 0.293. The number of rotatable bonds is 3. The number of fused-ring (bicyclic) bond motifs is 1. The number of para-hydroxylation sites is 1. The molecule has 1 amide bonds. The number of thiocarbonyl (C=S) groups is 1. The van der Waals surface area contributed by atoms with Crippen molar-refractivity contribution >= 4 is 39.8 Å². The van der Waals surface area contributed by atoms with Crippen molar-refractivity contribution in [1.29, 1.82) is 0 Å². The zero-order valence-corrected chi connectivity index (χ0v) is 17.3. The summed E-state index contributed by atoms with van der Waals surface area (Å²) in [5, 5.41) is 4.14. The quantitative estimate of drug-likeness (QED) is 0.331. The third-order valence-electron chi connectivity index (χ3n) is 4.67. The Kier molecular flexibility index (Phi) is 5.45. The van der Waals surface area contributed by atoms with Crippen LogP contribution in [0.25, 0.3) is 22.4 Å². The Bertz CT molecular complexity index is 1240. The second-order valence-corrected chi connectivity index (χ2v) is 7.31. The van der Waals surface area contributed by atoms with E-state index < -0.39 is 0 Å². The van der Waals surface area contributed by atoms with Gasteiger partial charge in [-0.3, -0.25) is 15.6 Å². The van der Waals surface area contributed by atoms with Crippen LogP contribution in [0.4, 0.5) is 5.69 Å². The van der Waals surface area contributed by atoms with Crippen LogP contribution in [-0.4, -0.2) is 16.0 Å². The van der Waals surface area contributed by atoms with Gasteiger partial charge < -0.3 is 9.73 Å². The molecule has 0 aliphatic carbocycles. The van der Waals surface area contributed by atoms with Gasteiger partial charge in [-0.15, -0.1) is 0 Å². The number of anilines is 1. The maximum Gasteiger partial charge on any atom is 0.270 e. The Morgan fingerprint density at radius 1 is 1.00 bits per heavy atom. The monoisotopic (exact) mass is 416 g/mol. The van der Waals surface area contributed by atoms with E-state index >= 15 is 0 Å². The molecule has 0 unspecified atom stereocenters. The molecule has 30 heavy (non-hydrogen) atoms. The van der Waals surface area contributed by atoms with E-state index in [1.165, 1.54) is 0 Å². The molecule has 0 aliphatic rings. The molecule has 4 rings (SSSR count). The van der Waals surface area contributed by atoms with Crippen LogP contribution >= 0.6 is 12.2 Å². The number of nitrogens with one attached hydrogen (secondary N) is 3. The minimum Gasteiger partial charge on any atom is -0.463 e. The molecule has 6 nitrogen and oxygen atoms in total. The lowest BCUT2D eigenvalue weighted by molar-refractivity contribution is 0.0946. The molecule has 0 aliphatic heterocycles. The number of furan rings is 1. The Morgan fingerprint density at radius 3 is 2.63 bits per heavy atom. The fraction of sp³-hybridized carbons (Fsp3) is 0.0870. The fourth-order valence-corrected chi connectivity index (χ4v) is 3.28. The number of hydrogen-bond acceptors (Lipinski definition) is 4. The van der Waals surface area contributed by atoms with Crippen LogP contribution in [0, 0.1) is 13.8 Å². The lowest BCUT2D eigenvalue weighted by atomic mass is 10.1. The molecule has 0 atom stereocenters. The predicted octanol–water partition coefficient (Wildman–Crippen LogP) is 4.74. The molecular weight excluding hydrogens is 396 g/mol. The van der Waals surface area contributed by atoms with Gasteiger partial charge in [0, 0.05) is 11.1 Å². The van der Waals surface area contributed by atoms with Crippen molar-refractivity contribution in [2.75, 3.05) is 5.32 Å². The van der Waals surface area contributed by atoms with E-state index in [9.17, 15) is 4.79 Å². The number of carbonyl (C=O) groups excluding carboxylic acids is 1. The molecule has 7 heteroatoms. The Morgan fingerprint density at radius 2 is 1.83 bits per heavy atom. The number of benzene rings is 2. The third-order valence-corrected chi connectivity index (χ3v) is 4.87. The highest BCUT2D eigenvalue weighted by molar-refractivity contribution is 7.80. The summed E-state index contributed by atoms with van der Waals surface area (Å²) in [5.74, 6) is 0.265. The van der Waals surface area contributed by atoms with Gasteiger partial charge in [-0.1, -0.05) is 30.3 Å². The number of hydrogen-bond donors (Lipinski definition) is 3. The second kappa shape index (κ2) is 8.34. The second-order valence-electron chi connectivity index (χ2n) is 6.90. The number of hydrazine groups is 1. The smallest absolute Gasteiger partial charge is 0.270 e. The number of pyridine rings is 1. The summed E-state index contributed by atoms with van der Waals surface area (Å²) in [4.78, 5) is 17.5. The molecular formula is C23H20N4O2S. The zero-order chi connectivity index (χ0) is 21.1. The summed E-state index contributed by atoms with van der Waals surface area (Å²) in [7, 11) is 0. The number of aromatic nitrogens is 1. The average molecular weight is 417 g/mol. The summed E-state index contributed by atoms with van der Waals surface area (Å²) in [6.07, 6.45) is 1.57. The number of aryl methyl sites for hydroxylation is 2. The van der Waals surface area contributed by atoms with E-state index in [0.29, 0.717) is 27.6 Å². The van der Waals surface area contributed by atoms with Crippen molar-refractivity contribution in [3.8, 4) is 11.5 Å². The van der Waals surface area contributed by atoms with E-state index in [4.69, 9.17) is 16.6 Å². The molecule has 0 saturated heterocycles. The molecule has 3 N–H and O–H groups in total. The molecule has 0 fully saturated rings. The SMILES string of the molecule is Cc1ccc(C)c(NC(=S)NNC(=O)c2cc(-c3ccco3)nc3ccccc23)c1. The maximum atomic E-state index is 12.9. The summed E-state index contributed by atoms with van der Waals surface area (Å²) in [5.41, 5.74) is 10.2. The Balaban J connectivity index is 1.54. The number of nitrogens with zero attached hydrogens (tertiary/aromatic N) is 1. The van der Waals surface area contributed by atoms with Crippen LogP contribution in [0.2, 0.25) is 0 Å². The lowest BCUT2D eigenvalue weighted by Gasteiger charge is -2.14. The molecule has 2 aromatic carbocycles. The molecule has 0 spiro atoms. The minimum atomic E-state index is -0.327. The Hall–Kier alpha value is -3.71. The maximum absolute atomic E-state index is 12.9. The van der Waals surface area contributed by atoms with Gasteiger partial charge in [0.2, 0.25) is 0 Å². The van der Waals surface area contributed by atoms with E-state index in [0.717, 1.165) is 22.2 Å². The van der Waals surface area contributed by atoms with Gasteiger partial charge in [-0.05, 0) is 67.5 Å². The van der Waals surface area contributed by atoms with E-state index in [-0.39, 0.29) is 5.91 Å². The first-order valence-electron chi connectivity index (χ1n) is 9.39. The van der Waals surface area contributed by atoms with Crippen molar-refractivity contribution in [1.82, 2.24) is 15.8 Å². The van der Waals surface area contributed by atoms with Crippen LogP contribution in [0.1, 0.15) is 21.5 Å². The van der Waals surface area contributed by atoms with E-state index in [1.54, 1.807) is 24.5 Å². The van der Waals surface area contributed by atoms with Gasteiger partial charge >= 0.3 is 0 Å². The van der Waals surface area contributed by atoms with Gasteiger partial charge in [-0.2, -0.15) is 0 Å². The van der Waals surface area contributed by atoms with Crippen molar-refractivity contribution in [3.63, 3.8) is 0 Å². The first-order valence-corrected chi connectivity index (χ1v) is 9.80. The molecule has 0 bridgehead atoms. The molecule has 0 saturated carbocycles. The van der Waals surface area contributed by atoms with Gasteiger partial charge in [0.05, 0.1) is 17.3 Å². The number of carbonyl (C=O) groups is 1. The van der Waals surface area contributed by atoms with Crippen molar-refractivity contribution in [2.24, 2.45) is 0 Å². The normalized spacial score (nSPS) is 10.6. The van der Waals surface area contributed by atoms with Crippen molar-refractivity contribution in [2.45, 2.75) is 13.8 Å². The summed E-state index contributed by atoms with van der Waals surface area (Å²) < 4.78 is 5.45. The molecule has 2 aromatic heterocycles. The van der Waals surface area contributed by atoms with Crippen LogP contribution in [0.3, 0.4) is 0 Å². The molecule has 0 radical (unpaired) electrons. The van der Waals surface area contributed by atoms with Crippen LogP contribution in [-0.2, 0) is 0 Å².